The molecule has 0 spiro atoms. The highest BCUT2D eigenvalue weighted by atomic mass is 19.4. The quantitative estimate of drug-likeness (QED) is 0.767. The van der Waals surface area contributed by atoms with Crippen LogP contribution in [-0.2, 0) is 22.2 Å². The normalized spacial score (nSPS) is 21.8. The van der Waals surface area contributed by atoms with Crippen molar-refractivity contribution < 1.29 is 27.4 Å². The first-order chi connectivity index (χ1) is 11.4. The van der Waals surface area contributed by atoms with Gasteiger partial charge in [0.25, 0.3) is 0 Å². The molecule has 134 valence electrons. The molecule has 2 fully saturated rings. The number of nitrogens with zero attached hydrogens (tertiary/aromatic N) is 2. The van der Waals surface area contributed by atoms with Crippen molar-refractivity contribution in [1.82, 2.24) is 9.78 Å². The maximum absolute atomic E-state index is 13.6. The molecule has 1 saturated heterocycles. The van der Waals surface area contributed by atoms with E-state index in [1.165, 1.54) is 4.68 Å². The summed E-state index contributed by atoms with van der Waals surface area (Å²) in [5.41, 5.74) is -1.39. The molecule has 5 nitrogen and oxygen atoms in total. The first kappa shape index (κ1) is 17.3. The third kappa shape index (κ3) is 3.58. The molecule has 8 heteroatoms. The lowest BCUT2D eigenvalue weighted by Crippen LogP contribution is -2.26. The van der Waals surface area contributed by atoms with E-state index in [0.717, 1.165) is 12.8 Å². The molecule has 0 aromatic carbocycles. The summed E-state index contributed by atoms with van der Waals surface area (Å²) >= 11 is 0. The lowest BCUT2D eigenvalue weighted by molar-refractivity contribution is -0.138. The molecule has 1 aromatic rings. The number of hydrogen-bond acceptors (Lipinski definition) is 4. The smallest absolute Gasteiger partial charge is 0.420 e. The van der Waals surface area contributed by atoms with Crippen LogP contribution in [0.15, 0.2) is 0 Å². The fraction of sp³-hybridized carbons (Fsp3) is 0.750. The number of halogens is 3. The summed E-state index contributed by atoms with van der Waals surface area (Å²) in [6.07, 6.45) is -1.56. The van der Waals surface area contributed by atoms with Crippen LogP contribution in [0.25, 0.3) is 0 Å². The summed E-state index contributed by atoms with van der Waals surface area (Å²) in [4.78, 5) is 12.2. The summed E-state index contributed by atoms with van der Waals surface area (Å²) in [6, 6.07) is 0. The maximum Gasteiger partial charge on any atom is 0.420 e. The van der Waals surface area contributed by atoms with Gasteiger partial charge in [0, 0.05) is 25.0 Å². The summed E-state index contributed by atoms with van der Waals surface area (Å²) in [5.74, 6) is -1.11. The van der Waals surface area contributed by atoms with E-state index in [0.29, 0.717) is 26.1 Å². The van der Waals surface area contributed by atoms with E-state index < -0.39 is 23.4 Å². The highest BCUT2D eigenvalue weighted by Crippen LogP contribution is 2.46. The van der Waals surface area contributed by atoms with E-state index in [1.54, 1.807) is 6.92 Å². The molecule has 2 heterocycles. The fourth-order valence-corrected chi connectivity index (χ4v) is 3.14. The van der Waals surface area contributed by atoms with Gasteiger partial charge in [-0.05, 0) is 32.6 Å². The van der Waals surface area contributed by atoms with Gasteiger partial charge in [-0.15, -0.1) is 0 Å². The predicted octanol–water partition coefficient (Wildman–Crippen LogP) is 3.38. The molecule has 2 aliphatic rings. The van der Waals surface area contributed by atoms with Crippen LogP contribution in [-0.4, -0.2) is 35.6 Å². The lowest BCUT2D eigenvalue weighted by Gasteiger charge is -2.22. The van der Waals surface area contributed by atoms with E-state index in [1.807, 2.05) is 0 Å². The van der Waals surface area contributed by atoms with Crippen LogP contribution in [0, 0.1) is 5.92 Å². The Kier molecular flexibility index (Phi) is 4.85. The number of rotatable bonds is 5. The van der Waals surface area contributed by atoms with Gasteiger partial charge in [0.05, 0.1) is 18.9 Å². The first-order valence-electron chi connectivity index (χ1n) is 8.34. The Morgan fingerprint density at radius 1 is 1.38 bits per heavy atom. The monoisotopic (exact) mass is 346 g/mol. The van der Waals surface area contributed by atoms with Gasteiger partial charge < -0.3 is 9.47 Å². The second-order valence-electron chi connectivity index (χ2n) is 6.37. The van der Waals surface area contributed by atoms with Gasteiger partial charge in [0.1, 0.15) is 5.56 Å². The van der Waals surface area contributed by atoms with Crippen molar-refractivity contribution in [1.29, 1.82) is 0 Å². The van der Waals surface area contributed by atoms with Crippen molar-refractivity contribution in [3.63, 3.8) is 0 Å². The highest BCUT2D eigenvalue weighted by Gasteiger charge is 2.46. The largest absolute Gasteiger partial charge is 0.461 e. The molecular weight excluding hydrogens is 325 g/mol. The highest BCUT2D eigenvalue weighted by molar-refractivity contribution is 5.90. The number of esters is 1. The van der Waals surface area contributed by atoms with Crippen LogP contribution in [0.3, 0.4) is 0 Å². The minimum atomic E-state index is -4.62. The lowest BCUT2D eigenvalue weighted by atomic mass is 10.0. The van der Waals surface area contributed by atoms with Gasteiger partial charge in [-0.3, -0.25) is 4.68 Å². The second-order valence-corrected chi connectivity index (χ2v) is 6.37. The molecule has 0 radical (unpaired) electrons. The SMILES string of the molecule is CCOC(=O)c1c(C(F)(F)F)c(C2CC2)nn1CC1CCCOC1. The van der Waals surface area contributed by atoms with Gasteiger partial charge in [-0.2, -0.15) is 18.3 Å². The van der Waals surface area contributed by atoms with Crippen molar-refractivity contribution in [2.45, 2.75) is 51.2 Å². The Bertz CT molecular complexity index is 602. The van der Waals surface area contributed by atoms with E-state index in [-0.39, 0.29) is 30.7 Å². The zero-order chi connectivity index (χ0) is 17.3. The fourth-order valence-electron chi connectivity index (χ4n) is 3.14. The van der Waals surface area contributed by atoms with Crippen LogP contribution in [0.5, 0.6) is 0 Å². The standard InChI is InChI=1S/C16H21F3N2O3/c1-2-24-15(22)14-12(16(17,18)19)13(11-5-6-11)20-21(14)8-10-4-3-7-23-9-10/h10-11H,2-9H2,1H3. The van der Waals surface area contributed by atoms with Crippen molar-refractivity contribution in [3.05, 3.63) is 17.0 Å². The molecule has 1 aliphatic heterocycles. The Morgan fingerprint density at radius 2 is 2.12 bits per heavy atom. The number of ether oxygens (including phenoxy) is 2. The molecule has 1 aliphatic carbocycles. The van der Waals surface area contributed by atoms with Gasteiger partial charge in [-0.1, -0.05) is 0 Å². The van der Waals surface area contributed by atoms with Crippen LogP contribution in [0.1, 0.15) is 60.3 Å². The third-order valence-corrected chi connectivity index (χ3v) is 4.38. The molecule has 1 unspecified atom stereocenters. The first-order valence-corrected chi connectivity index (χ1v) is 8.34. The number of hydrogen-bond donors (Lipinski definition) is 0. The molecule has 0 amide bonds. The molecule has 3 rings (SSSR count). The van der Waals surface area contributed by atoms with E-state index >= 15 is 0 Å². The predicted molar refractivity (Wildman–Crippen MR) is 78.7 cm³/mol. The molecule has 1 saturated carbocycles. The molecule has 1 atom stereocenters. The molecule has 24 heavy (non-hydrogen) atoms. The van der Waals surface area contributed by atoms with Crippen molar-refractivity contribution in [2.75, 3.05) is 19.8 Å². The van der Waals surface area contributed by atoms with Crippen molar-refractivity contribution in [3.8, 4) is 0 Å². The summed E-state index contributed by atoms with van der Waals surface area (Å²) in [6.45, 7) is 2.98. The van der Waals surface area contributed by atoms with Crippen LogP contribution in [0.4, 0.5) is 13.2 Å². The summed E-state index contributed by atoms with van der Waals surface area (Å²) in [7, 11) is 0. The Labute approximate surface area is 138 Å². The Hall–Kier alpha value is -1.57. The van der Waals surface area contributed by atoms with E-state index in [4.69, 9.17) is 9.47 Å². The van der Waals surface area contributed by atoms with Crippen molar-refractivity contribution in [2.24, 2.45) is 5.92 Å². The topological polar surface area (TPSA) is 53.3 Å². The average Bonchev–Trinajstić information content (AvgIpc) is 3.29. The van der Waals surface area contributed by atoms with Crippen LogP contribution in [0.2, 0.25) is 0 Å². The van der Waals surface area contributed by atoms with Crippen LogP contribution >= 0.6 is 0 Å². The molecule has 0 N–H and O–H groups in total. The zero-order valence-corrected chi connectivity index (χ0v) is 13.6. The van der Waals surface area contributed by atoms with Gasteiger partial charge in [0.2, 0.25) is 0 Å². The van der Waals surface area contributed by atoms with E-state index in [2.05, 4.69) is 5.10 Å². The zero-order valence-electron chi connectivity index (χ0n) is 13.6. The molecule has 0 bridgehead atoms. The van der Waals surface area contributed by atoms with E-state index in [9.17, 15) is 18.0 Å². The molecule has 1 aromatic heterocycles. The number of alkyl halides is 3. The second kappa shape index (κ2) is 6.74. The summed E-state index contributed by atoms with van der Waals surface area (Å²) < 4.78 is 52.3. The maximum atomic E-state index is 13.6. The van der Waals surface area contributed by atoms with Crippen molar-refractivity contribution >= 4 is 5.97 Å². The number of carbonyl (C=O) groups is 1. The Morgan fingerprint density at radius 3 is 2.67 bits per heavy atom. The minimum Gasteiger partial charge on any atom is -0.461 e. The van der Waals surface area contributed by atoms with Gasteiger partial charge >= 0.3 is 12.1 Å². The minimum absolute atomic E-state index is 0.0118. The van der Waals surface area contributed by atoms with Crippen LogP contribution < -0.4 is 0 Å². The number of carbonyl (C=O) groups excluding carboxylic acids is 1. The Balaban J connectivity index is 2.00. The van der Waals surface area contributed by atoms with Gasteiger partial charge in [0.15, 0.2) is 5.69 Å². The average molecular weight is 346 g/mol. The third-order valence-electron chi connectivity index (χ3n) is 4.38. The molecular formula is C16H21F3N2O3. The number of aromatic nitrogens is 2. The van der Waals surface area contributed by atoms with Gasteiger partial charge in [-0.25, -0.2) is 4.79 Å². The summed E-state index contributed by atoms with van der Waals surface area (Å²) in [5, 5.41) is 4.18.